The Morgan fingerprint density at radius 1 is 1.04 bits per heavy atom. The number of carbonyl (C=O) groups excluding carboxylic acids is 1. The summed E-state index contributed by atoms with van der Waals surface area (Å²) in [6, 6.07) is 12.5. The SMILES string of the molecule is CC(C)C(NC(=O)c1ccc(S(C)=O)cc1)c1ccc2c(c1)OCCO2. The number of amides is 1. The van der Waals surface area contributed by atoms with Crippen molar-refractivity contribution in [3.63, 3.8) is 0 Å². The van der Waals surface area contributed by atoms with Gasteiger partial charge in [0.15, 0.2) is 11.5 Å². The molecule has 0 aliphatic carbocycles. The molecule has 2 atom stereocenters. The molecule has 1 aliphatic heterocycles. The highest BCUT2D eigenvalue weighted by Gasteiger charge is 2.22. The van der Waals surface area contributed by atoms with Gasteiger partial charge in [0.25, 0.3) is 5.91 Å². The Hall–Kier alpha value is -2.34. The molecule has 6 heteroatoms. The van der Waals surface area contributed by atoms with Crippen molar-refractivity contribution in [2.45, 2.75) is 24.8 Å². The number of hydrogen-bond acceptors (Lipinski definition) is 4. The fourth-order valence-electron chi connectivity index (χ4n) is 2.91. The van der Waals surface area contributed by atoms with Crippen LogP contribution in [0.2, 0.25) is 0 Å². The third kappa shape index (κ3) is 4.07. The maximum atomic E-state index is 12.7. The van der Waals surface area contributed by atoms with Gasteiger partial charge in [0.05, 0.1) is 6.04 Å². The highest BCUT2D eigenvalue weighted by Crippen LogP contribution is 2.34. The van der Waals surface area contributed by atoms with E-state index in [1.54, 1.807) is 30.5 Å². The van der Waals surface area contributed by atoms with Gasteiger partial charge in [-0.2, -0.15) is 0 Å². The fourth-order valence-corrected chi connectivity index (χ4v) is 3.43. The molecule has 2 unspecified atom stereocenters. The second kappa shape index (κ2) is 7.91. The molecule has 0 saturated heterocycles. The van der Waals surface area contributed by atoms with Crippen molar-refractivity contribution in [2.75, 3.05) is 19.5 Å². The Bertz CT molecular complexity index is 817. The van der Waals surface area contributed by atoms with Crippen molar-refractivity contribution < 1.29 is 18.5 Å². The van der Waals surface area contributed by atoms with Gasteiger partial charge >= 0.3 is 0 Å². The van der Waals surface area contributed by atoms with Crippen molar-refractivity contribution in [3.05, 3.63) is 53.6 Å². The lowest BCUT2D eigenvalue weighted by atomic mass is 9.95. The van der Waals surface area contributed by atoms with E-state index in [9.17, 15) is 9.00 Å². The molecule has 0 aromatic heterocycles. The molecular weight excluding hydrogens is 350 g/mol. The predicted octanol–water partition coefficient (Wildman–Crippen LogP) is 3.32. The lowest BCUT2D eigenvalue weighted by Gasteiger charge is -2.25. The predicted molar refractivity (Wildman–Crippen MR) is 101 cm³/mol. The monoisotopic (exact) mass is 373 g/mol. The van der Waals surface area contributed by atoms with Crippen LogP contribution in [0.25, 0.3) is 0 Å². The van der Waals surface area contributed by atoms with Crippen LogP contribution in [-0.2, 0) is 10.8 Å². The molecule has 0 fully saturated rings. The first-order valence-electron chi connectivity index (χ1n) is 8.59. The Kier molecular flexibility index (Phi) is 5.61. The fraction of sp³-hybridized carbons (Fsp3) is 0.350. The number of fused-ring (bicyclic) bond motifs is 1. The van der Waals surface area contributed by atoms with Gasteiger partial charge in [-0.1, -0.05) is 19.9 Å². The molecule has 1 amide bonds. The molecular formula is C20H23NO4S. The molecule has 0 saturated carbocycles. The second-order valence-corrected chi connectivity index (χ2v) is 7.96. The van der Waals surface area contributed by atoms with Gasteiger partial charge in [0, 0.05) is 27.5 Å². The standard InChI is InChI=1S/C20H23NO4S/c1-13(2)19(15-6-9-17-18(12-15)25-11-10-24-17)21-20(22)14-4-7-16(8-5-14)26(3)23/h4-9,12-13,19H,10-11H2,1-3H3,(H,21,22). The van der Waals surface area contributed by atoms with E-state index in [4.69, 9.17) is 9.47 Å². The van der Waals surface area contributed by atoms with Crippen LogP contribution in [0.4, 0.5) is 0 Å². The van der Waals surface area contributed by atoms with Crippen molar-refractivity contribution in [1.29, 1.82) is 0 Å². The van der Waals surface area contributed by atoms with Crippen molar-refractivity contribution in [2.24, 2.45) is 5.92 Å². The Morgan fingerprint density at radius 2 is 1.69 bits per heavy atom. The Balaban J connectivity index is 1.80. The van der Waals surface area contributed by atoms with Crippen LogP contribution in [0.1, 0.15) is 35.8 Å². The van der Waals surface area contributed by atoms with Crippen molar-refractivity contribution in [3.8, 4) is 11.5 Å². The average Bonchev–Trinajstić information content (AvgIpc) is 2.65. The van der Waals surface area contributed by atoms with Gasteiger partial charge in [-0.25, -0.2) is 0 Å². The molecule has 26 heavy (non-hydrogen) atoms. The number of carbonyl (C=O) groups is 1. The summed E-state index contributed by atoms with van der Waals surface area (Å²) in [4.78, 5) is 13.4. The minimum Gasteiger partial charge on any atom is -0.486 e. The molecule has 0 radical (unpaired) electrons. The van der Waals surface area contributed by atoms with Crippen LogP contribution in [0.15, 0.2) is 47.4 Å². The van der Waals surface area contributed by atoms with Crippen LogP contribution in [0.3, 0.4) is 0 Å². The number of hydrogen-bond donors (Lipinski definition) is 1. The molecule has 5 nitrogen and oxygen atoms in total. The third-order valence-electron chi connectivity index (χ3n) is 4.33. The number of benzene rings is 2. The minimum atomic E-state index is -1.06. The van der Waals surface area contributed by atoms with E-state index in [-0.39, 0.29) is 17.9 Å². The van der Waals surface area contributed by atoms with Crippen LogP contribution in [0, 0.1) is 5.92 Å². The highest BCUT2D eigenvalue weighted by molar-refractivity contribution is 7.84. The normalized spacial score (nSPS) is 15.4. The zero-order chi connectivity index (χ0) is 18.7. The zero-order valence-electron chi connectivity index (χ0n) is 15.2. The molecule has 0 bridgehead atoms. The van der Waals surface area contributed by atoms with Crippen molar-refractivity contribution in [1.82, 2.24) is 5.32 Å². The summed E-state index contributed by atoms with van der Waals surface area (Å²) in [5.74, 6) is 1.48. The second-order valence-electron chi connectivity index (χ2n) is 6.58. The van der Waals surface area contributed by atoms with Gasteiger partial charge in [0.2, 0.25) is 0 Å². The van der Waals surface area contributed by atoms with Crippen LogP contribution in [-0.4, -0.2) is 29.6 Å². The van der Waals surface area contributed by atoms with Gasteiger partial charge in [-0.3, -0.25) is 9.00 Å². The first kappa shape index (κ1) is 18.5. The van der Waals surface area contributed by atoms with E-state index in [2.05, 4.69) is 19.2 Å². The molecule has 1 heterocycles. The van der Waals surface area contributed by atoms with Gasteiger partial charge in [-0.05, 0) is 47.9 Å². The summed E-state index contributed by atoms with van der Waals surface area (Å²) in [7, 11) is -1.06. The molecule has 1 aliphatic rings. The van der Waals surface area contributed by atoms with E-state index in [1.165, 1.54) is 0 Å². The van der Waals surface area contributed by atoms with Crippen LogP contribution >= 0.6 is 0 Å². The average molecular weight is 373 g/mol. The Labute approximate surface area is 156 Å². The topological polar surface area (TPSA) is 64.6 Å². The molecule has 2 aromatic carbocycles. The third-order valence-corrected chi connectivity index (χ3v) is 5.26. The first-order valence-corrected chi connectivity index (χ1v) is 10.2. The van der Waals surface area contributed by atoms with Crippen LogP contribution < -0.4 is 14.8 Å². The van der Waals surface area contributed by atoms with Crippen LogP contribution in [0.5, 0.6) is 11.5 Å². The largest absolute Gasteiger partial charge is 0.486 e. The smallest absolute Gasteiger partial charge is 0.251 e. The van der Waals surface area contributed by atoms with Gasteiger partial charge in [-0.15, -0.1) is 0 Å². The van der Waals surface area contributed by atoms with E-state index >= 15 is 0 Å². The van der Waals surface area contributed by atoms with E-state index in [0.29, 0.717) is 29.4 Å². The number of rotatable bonds is 5. The molecule has 0 spiro atoms. The highest BCUT2D eigenvalue weighted by atomic mass is 32.2. The molecule has 1 N–H and O–H groups in total. The summed E-state index contributed by atoms with van der Waals surface area (Å²) < 4.78 is 22.7. The molecule has 138 valence electrons. The van der Waals surface area contributed by atoms with Gasteiger partial charge in [0.1, 0.15) is 13.2 Å². The quantitative estimate of drug-likeness (QED) is 0.873. The summed E-state index contributed by atoms with van der Waals surface area (Å²) in [6.07, 6.45) is 1.62. The lowest BCUT2D eigenvalue weighted by Crippen LogP contribution is -2.32. The van der Waals surface area contributed by atoms with Crippen molar-refractivity contribution >= 4 is 16.7 Å². The molecule has 2 aromatic rings. The summed E-state index contributed by atoms with van der Waals surface area (Å²) in [6.45, 7) is 5.20. The summed E-state index contributed by atoms with van der Waals surface area (Å²) in [5.41, 5.74) is 1.52. The lowest BCUT2D eigenvalue weighted by molar-refractivity contribution is 0.0925. The maximum Gasteiger partial charge on any atom is 0.251 e. The number of nitrogens with one attached hydrogen (secondary N) is 1. The molecule has 3 rings (SSSR count). The van der Waals surface area contributed by atoms with E-state index in [0.717, 1.165) is 11.3 Å². The Morgan fingerprint density at radius 3 is 2.31 bits per heavy atom. The summed E-state index contributed by atoms with van der Waals surface area (Å²) in [5, 5.41) is 3.09. The van der Waals surface area contributed by atoms with E-state index < -0.39 is 10.8 Å². The summed E-state index contributed by atoms with van der Waals surface area (Å²) >= 11 is 0. The minimum absolute atomic E-state index is 0.154. The van der Waals surface area contributed by atoms with E-state index in [1.807, 2.05) is 18.2 Å². The maximum absolute atomic E-state index is 12.7. The first-order chi connectivity index (χ1) is 12.5. The number of ether oxygens (including phenoxy) is 2. The zero-order valence-corrected chi connectivity index (χ0v) is 16.0. The van der Waals surface area contributed by atoms with Gasteiger partial charge < -0.3 is 14.8 Å².